The van der Waals surface area contributed by atoms with Crippen molar-refractivity contribution in [2.45, 2.75) is 4.90 Å². The highest BCUT2D eigenvalue weighted by atomic mass is 32.2. The van der Waals surface area contributed by atoms with E-state index in [2.05, 4.69) is 12.6 Å². The van der Waals surface area contributed by atoms with Gasteiger partial charge in [-0.1, -0.05) is 12.1 Å². The van der Waals surface area contributed by atoms with Crippen molar-refractivity contribution >= 4 is 24.4 Å². The zero-order valence-corrected chi connectivity index (χ0v) is 7.03. The number of para-hydroxylation sites is 1. The molecule has 0 aliphatic heterocycles. The molecule has 1 nitrogen and oxygen atoms in total. The van der Waals surface area contributed by atoms with Gasteiger partial charge >= 0.3 is 0 Å². The van der Waals surface area contributed by atoms with E-state index in [9.17, 15) is 5.11 Å². The fraction of sp³-hybridized carbons (Fsp3) is 0.143. The van der Waals surface area contributed by atoms with Crippen molar-refractivity contribution in [1.29, 1.82) is 0 Å². The highest BCUT2D eigenvalue weighted by Crippen LogP contribution is 2.27. The average Bonchev–Trinajstić information content (AvgIpc) is 1.94. The Hall–Kier alpha value is -0.280. The van der Waals surface area contributed by atoms with Gasteiger partial charge in [0.05, 0.1) is 0 Å². The Morgan fingerprint density at radius 1 is 1.40 bits per heavy atom. The second-order valence-corrected chi connectivity index (χ2v) is 3.50. The molecule has 0 heterocycles. The maximum atomic E-state index is 9.19. The average molecular weight is 172 g/mol. The van der Waals surface area contributed by atoms with E-state index < -0.39 is 0 Å². The van der Waals surface area contributed by atoms with Crippen LogP contribution in [0.5, 0.6) is 5.75 Å². The molecule has 3 heteroatoms. The number of phenols is 1. The number of hydrogen-bond acceptors (Lipinski definition) is 3. The van der Waals surface area contributed by atoms with Crippen LogP contribution in [0.3, 0.4) is 0 Å². The van der Waals surface area contributed by atoms with Gasteiger partial charge in [-0.25, -0.2) is 0 Å². The number of thioether (sulfide) groups is 1. The molecule has 0 aliphatic carbocycles. The normalized spacial score (nSPS) is 9.70. The SMILES string of the molecule is Oc1ccccc1SCS. The summed E-state index contributed by atoms with van der Waals surface area (Å²) in [6.07, 6.45) is 0. The van der Waals surface area contributed by atoms with Crippen LogP contribution in [0.4, 0.5) is 0 Å². The van der Waals surface area contributed by atoms with Crippen LogP contribution in [0.1, 0.15) is 0 Å². The lowest BCUT2D eigenvalue weighted by atomic mass is 10.3. The first-order valence-electron chi connectivity index (χ1n) is 2.86. The predicted octanol–water partition coefficient (Wildman–Crippen LogP) is 2.37. The Kier molecular flexibility index (Phi) is 2.96. The molecule has 0 amide bonds. The van der Waals surface area contributed by atoms with Crippen LogP contribution >= 0.6 is 24.4 Å². The molecule has 0 saturated heterocycles. The molecule has 54 valence electrons. The van der Waals surface area contributed by atoms with Crippen LogP contribution in [-0.2, 0) is 0 Å². The third-order valence-electron chi connectivity index (χ3n) is 1.09. The molecular weight excluding hydrogens is 164 g/mol. The van der Waals surface area contributed by atoms with Crippen LogP contribution in [0.15, 0.2) is 29.2 Å². The van der Waals surface area contributed by atoms with Crippen molar-refractivity contribution < 1.29 is 5.11 Å². The second kappa shape index (κ2) is 3.78. The smallest absolute Gasteiger partial charge is 0.129 e. The first kappa shape index (κ1) is 7.82. The maximum Gasteiger partial charge on any atom is 0.129 e. The Morgan fingerprint density at radius 2 is 2.10 bits per heavy atom. The highest BCUT2D eigenvalue weighted by molar-refractivity contribution is 8.09. The molecule has 0 spiro atoms. The van der Waals surface area contributed by atoms with E-state index in [1.807, 2.05) is 12.1 Å². The largest absolute Gasteiger partial charge is 0.507 e. The van der Waals surface area contributed by atoms with Crippen LogP contribution in [-0.4, -0.2) is 10.2 Å². The Morgan fingerprint density at radius 3 is 2.70 bits per heavy atom. The molecular formula is C7H8OS2. The van der Waals surface area contributed by atoms with Gasteiger partial charge in [0.2, 0.25) is 0 Å². The van der Waals surface area contributed by atoms with Gasteiger partial charge in [-0.15, -0.1) is 11.8 Å². The lowest BCUT2D eigenvalue weighted by Crippen LogP contribution is -1.71. The summed E-state index contributed by atoms with van der Waals surface area (Å²) in [5.74, 6) is 0.335. The van der Waals surface area contributed by atoms with Gasteiger partial charge in [-0.3, -0.25) is 0 Å². The van der Waals surface area contributed by atoms with Crippen molar-refractivity contribution in [3.05, 3.63) is 24.3 Å². The Labute approximate surface area is 69.9 Å². The lowest BCUT2D eigenvalue weighted by molar-refractivity contribution is 0.462. The Bertz CT molecular complexity index is 213. The zero-order valence-electron chi connectivity index (χ0n) is 5.32. The van der Waals surface area contributed by atoms with Crippen LogP contribution in [0.2, 0.25) is 0 Å². The van der Waals surface area contributed by atoms with Crippen LogP contribution in [0, 0.1) is 0 Å². The topological polar surface area (TPSA) is 20.2 Å². The molecule has 0 unspecified atom stereocenters. The minimum Gasteiger partial charge on any atom is -0.507 e. The van der Waals surface area contributed by atoms with Crippen molar-refractivity contribution in [3.63, 3.8) is 0 Å². The standard InChI is InChI=1S/C7H8OS2/c8-6-3-1-2-4-7(6)10-5-9/h1-4,8-9H,5H2. The number of thiol groups is 1. The van der Waals surface area contributed by atoms with E-state index in [1.165, 1.54) is 11.8 Å². The third-order valence-corrected chi connectivity index (χ3v) is 2.26. The molecule has 0 bridgehead atoms. The molecule has 1 rings (SSSR count). The molecule has 0 atom stereocenters. The molecule has 0 aliphatic rings. The van der Waals surface area contributed by atoms with E-state index in [4.69, 9.17) is 0 Å². The van der Waals surface area contributed by atoms with Gasteiger partial charge in [0, 0.05) is 9.98 Å². The summed E-state index contributed by atoms with van der Waals surface area (Å²) in [6.45, 7) is 0. The van der Waals surface area contributed by atoms with Crippen molar-refractivity contribution in [2.75, 3.05) is 5.08 Å². The van der Waals surface area contributed by atoms with Gasteiger partial charge in [0.15, 0.2) is 0 Å². The minimum absolute atomic E-state index is 0.335. The number of hydrogen-bond donors (Lipinski definition) is 2. The first-order valence-corrected chi connectivity index (χ1v) is 4.48. The molecule has 1 aromatic carbocycles. The fourth-order valence-electron chi connectivity index (χ4n) is 0.649. The monoisotopic (exact) mass is 172 g/mol. The van der Waals surface area contributed by atoms with E-state index in [1.54, 1.807) is 12.1 Å². The van der Waals surface area contributed by atoms with Gasteiger partial charge in [-0.05, 0) is 12.1 Å². The van der Waals surface area contributed by atoms with Gasteiger partial charge < -0.3 is 5.11 Å². The van der Waals surface area contributed by atoms with Gasteiger partial charge in [0.1, 0.15) is 5.75 Å². The van der Waals surface area contributed by atoms with E-state index >= 15 is 0 Å². The summed E-state index contributed by atoms with van der Waals surface area (Å²) >= 11 is 5.55. The molecule has 0 saturated carbocycles. The summed E-state index contributed by atoms with van der Waals surface area (Å²) < 4.78 is 0. The van der Waals surface area contributed by atoms with E-state index in [0.717, 1.165) is 4.90 Å². The predicted molar refractivity (Wildman–Crippen MR) is 47.8 cm³/mol. The maximum absolute atomic E-state index is 9.19. The second-order valence-electron chi connectivity index (χ2n) is 1.74. The van der Waals surface area contributed by atoms with Gasteiger partial charge in [-0.2, -0.15) is 12.6 Å². The Balaban J connectivity index is 2.81. The number of benzene rings is 1. The van der Waals surface area contributed by atoms with Crippen molar-refractivity contribution in [1.82, 2.24) is 0 Å². The zero-order chi connectivity index (χ0) is 7.40. The highest BCUT2D eigenvalue weighted by Gasteiger charge is 1.96. The van der Waals surface area contributed by atoms with Gasteiger partial charge in [0.25, 0.3) is 0 Å². The molecule has 1 N–H and O–H groups in total. The first-order chi connectivity index (χ1) is 4.84. The fourth-order valence-corrected chi connectivity index (χ4v) is 1.60. The molecule has 0 fully saturated rings. The molecule has 0 radical (unpaired) electrons. The molecule has 1 aromatic rings. The summed E-state index contributed by atoms with van der Waals surface area (Å²) in [5, 5.41) is 9.88. The van der Waals surface area contributed by atoms with Crippen LogP contribution in [0.25, 0.3) is 0 Å². The number of phenolic OH excluding ortho intramolecular Hbond substituents is 1. The number of rotatable bonds is 2. The van der Waals surface area contributed by atoms with E-state index in [0.29, 0.717) is 10.8 Å². The van der Waals surface area contributed by atoms with Crippen LogP contribution < -0.4 is 0 Å². The summed E-state index contributed by atoms with van der Waals surface area (Å²) in [7, 11) is 0. The molecule has 10 heavy (non-hydrogen) atoms. The summed E-state index contributed by atoms with van der Waals surface area (Å²) in [6, 6.07) is 7.24. The summed E-state index contributed by atoms with van der Waals surface area (Å²) in [4.78, 5) is 0.887. The molecule has 0 aromatic heterocycles. The van der Waals surface area contributed by atoms with E-state index in [-0.39, 0.29) is 0 Å². The quantitative estimate of drug-likeness (QED) is 0.406. The van der Waals surface area contributed by atoms with Crippen molar-refractivity contribution in [3.8, 4) is 5.75 Å². The minimum atomic E-state index is 0.335. The third kappa shape index (κ3) is 1.85. The van der Waals surface area contributed by atoms with Crippen molar-refractivity contribution in [2.24, 2.45) is 0 Å². The number of aromatic hydroxyl groups is 1. The lowest BCUT2D eigenvalue weighted by Gasteiger charge is -1.98. The summed E-state index contributed by atoms with van der Waals surface area (Å²) in [5.41, 5.74) is 0.